The SMILES string of the molecule is COc1cccc(C2=NN3[C@H](C2)c2cc(Br)ccc2O[C@@H]3c2ccc([N+](=O)[O-])cc2)c1. The van der Waals surface area contributed by atoms with Crippen LogP contribution >= 0.6 is 15.9 Å². The lowest BCUT2D eigenvalue weighted by molar-refractivity contribution is -0.384. The zero-order chi connectivity index (χ0) is 21.5. The molecule has 0 bridgehead atoms. The molecule has 0 spiro atoms. The summed E-state index contributed by atoms with van der Waals surface area (Å²) in [5, 5.41) is 17.9. The molecule has 0 saturated carbocycles. The third-order valence-electron chi connectivity index (χ3n) is 5.54. The molecule has 0 amide bonds. The number of hydrazone groups is 1. The van der Waals surface area contributed by atoms with Crippen molar-refractivity contribution in [3.8, 4) is 11.5 Å². The van der Waals surface area contributed by atoms with Crippen molar-refractivity contribution < 1.29 is 14.4 Å². The Labute approximate surface area is 187 Å². The quantitative estimate of drug-likeness (QED) is 0.359. The van der Waals surface area contributed by atoms with Gasteiger partial charge < -0.3 is 9.47 Å². The molecule has 0 aliphatic carbocycles. The molecule has 0 unspecified atom stereocenters. The number of nitro groups is 1. The smallest absolute Gasteiger partial charge is 0.269 e. The van der Waals surface area contributed by atoms with E-state index in [2.05, 4.69) is 22.0 Å². The van der Waals surface area contributed by atoms with Crippen LogP contribution in [0, 0.1) is 10.1 Å². The van der Waals surface area contributed by atoms with Gasteiger partial charge in [0.1, 0.15) is 11.5 Å². The summed E-state index contributed by atoms with van der Waals surface area (Å²) < 4.78 is 12.7. The first-order chi connectivity index (χ1) is 15.0. The van der Waals surface area contributed by atoms with Gasteiger partial charge in [-0.15, -0.1) is 0 Å². The highest BCUT2D eigenvalue weighted by Crippen LogP contribution is 2.48. The minimum atomic E-state index is -0.484. The zero-order valence-electron chi connectivity index (χ0n) is 16.6. The van der Waals surface area contributed by atoms with E-state index in [1.165, 1.54) is 12.1 Å². The lowest BCUT2D eigenvalue weighted by Gasteiger charge is -2.38. The highest BCUT2D eigenvalue weighted by Gasteiger charge is 2.41. The fraction of sp³-hybridized carbons (Fsp3) is 0.174. The number of nitrogens with zero attached hydrogens (tertiary/aromatic N) is 3. The van der Waals surface area contributed by atoms with Crippen molar-refractivity contribution in [1.82, 2.24) is 5.01 Å². The first-order valence-electron chi connectivity index (χ1n) is 9.74. The van der Waals surface area contributed by atoms with E-state index in [-0.39, 0.29) is 11.7 Å². The third-order valence-corrected chi connectivity index (χ3v) is 6.04. The Balaban J connectivity index is 1.57. The molecule has 0 N–H and O–H groups in total. The van der Waals surface area contributed by atoms with E-state index in [0.717, 1.165) is 38.4 Å². The van der Waals surface area contributed by atoms with Crippen LogP contribution in [0.2, 0.25) is 0 Å². The zero-order valence-corrected chi connectivity index (χ0v) is 18.2. The van der Waals surface area contributed by atoms with Crippen LogP contribution in [-0.4, -0.2) is 22.8 Å². The second-order valence-electron chi connectivity index (χ2n) is 7.38. The number of rotatable bonds is 4. The summed E-state index contributed by atoms with van der Waals surface area (Å²) in [5.41, 5.74) is 3.83. The lowest BCUT2D eigenvalue weighted by atomic mass is 9.96. The summed E-state index contributed by atoms with van der Waals surface area (Å²) in [7, 11) is 1.64. The molecule has 3 aromatic carbocycles. The number of nitro benzene ring substituents is 1. The van der Waals surface area contributed by atoms with Crippen molar-refractivity contribution in [3.05, 3.63) is 98.0 Å². The predicted octanol–water partition coefficient (Wildman–Crippen LogP) is 5.61. The minimum Gasteiger partial charge on any atom is -0.497 e. The standard InChI is InChI=1S/C23H18BrN3O4/c1-30-18-4-2-3-15(11-18)20-13-21-19-12-16(24)7-10-22(19)31-23(26(21)25-20)14-5-8-17(9-6-14)27(28)29/h2-12,21,23H,13H2,1H3/t21-,23-/m1/s1. The summed E-state index contributed by atoms with van der Waals surface area (Å²) >= 11 is 3.56. The van der Waals surface area contributed by atoms with Crippen molar-refractivity contribution in [3.63, 3.8) is 0 Å². The monoisotopic (exact) mass is 479 g/mol. The molecule has 31 heavy (non-hydrogen) atoms. The van der Waals surface area contributed by atoms with Gasteiger partial charge in [-0.05, 0) is 42.5 Å². The summed E-state index contributed by atoms with van der Waals surface area (Å²) in [4.78, 5) is 10.6. The predicted molar refractivity (Wildman–Crippen MR) is 119 cm³/mol. The highest BCUT2D eigenvalue weighted by molar-refractivity contribution is 9.10. The Bertz CT molecular complexity index is 1200. The van der Waals surface area contributed by atoms with Crippen LogP contribution in [0.15, 0.2) is 76.3 Å². The number of hydrogen-bond donors (Lipinski definition) is 0. The van der Waals surface area contributed by atoms with E-state index < -0.39 is 11.2 Å². The minimum absolute atomic E-state index is 0.0114. The van der Waals surface area contributed by atoms with Gasteiger partial charge in [-0.3, -0.25) is 10.1 Å². The number of methoxy groups -OCH3 is 1. The number of fused-ring (bicyclic) bond motifs is 3. The second-order valence-corrected chi connectivity index (χ2v) is 8.30. The van der Waals surface area contributed by atoms with Gasteiger partial charge in [0.2, 0.25) is 6.23 Å². The maximum Gasteiger partial charge on any atom is 0.269 e. The maximum atomic E-state index is 11.0. The molecule has 2 atom stereocenters. The van der Waals surface area contributed by atoms with Gasteiger partial charge in [0.25, 0.3) is 5.69 Å². The van der Waals surface area contributed by atoms with Crippen molar-refractivity contribution >= 4 is 27.3 Å². The highest BCUT2D eigenvalue weighted by atomic mass is 79.9. The van der Waals surface area contributed by atoms with Gasteiger partial charge in [0, 0.05) is 39.7 Å². The van der Waals surface area contributed by atoms with Crippen LogP contribution in [0.1, 0.15) is 35.4 Å². The number of benzene rings is 3. The van der Waals surface area contributed by atoms with Gasteiger partial charge in [-0.2, -0.15) is 5.10 Å². The molecule has 156 valence electrons. The maximum absolute atomic E-state index is 11.0. The van der Waals surface area contributed by atoms with E-state index in [4.69, 9.17) is 14.6 Å². The second kappa shape index (κ2) is 7.70. The van der Waals surface area contributed by atoms with E-state index in [1.807, 2.05) is 41.4 Å². The van der Waals surface area contributed by atoms with E-state index in [9.17, 15) is 10.1 Å². The van der Waals surface area contributed by atoms with Gasteiger partial charge in [0.15, 0.2) is 0 Å². The fourth-order valence-corrected chi connectivity index (χ4v) is 4.39. The fourth-order valence-electron chi connectivity index (χ4n) is 4.02. The molecule has 0 fully saturated rings. The summed E-state index contributed by atoms with van der Waals surface area (Å²) in [5.74, 6) is 1.56. The van der Waals surface area contributed by atoms with Crippen LogP contribution in [0.3, 0.4) is 0 Å². The molecule has 2 aliphatic rings. The summed E-state index contributed by atoms with van der Waals surface area (Å²) in [6, 6.07) is 20.2. The number of non-ortho nitro benzene ring substituents is 1. The molecule has 2 aliphatic heterocycles. The van der Waals surface area contributed by atoms with Crippen molar-refractivity contribution in [2.75, 3.05) is 7.11 Å². The average Bonchev–Trinajstić information content (AvgIpc) is 3.25. The molecular formula is C23H18BrN3O4. The van der Waals surface area contributed by atoms with Crippen LogP contribution < -0.4 is 9.47 Å². The molecule has 0 aromatic heterocycles. The van der Waals surface area contributed by atoms with Gasteiger partial charge >= 0.3 is 0 Å². The Morgan fingerprint density at radius 2 is 1.97 bits per heavy atom. The average molecular weight is 480 g/mol. The Morgan fingerprint density at radius 1 is 1.16 bits per heavy atom. The lowest BCUT2D eigenvalue weighted by Crippen LogP contribution is -2.33. The van der Waals surface area contributed by atoms with Crippen LogP contribution in [-0.2, 0) is 0 Å². The molecule has 8 heteroatoms. The Morgan fingerprint density at radius 3 is 2.71 bits per heavy atom. The molecule has 0 saturated heterocycles. The van der Waals surface area contributed by atoms with E-state index >= 15 is 0 Å². The molecule has 3 aromatic rings. The molecule has 0 radical (unpaired) electrons. The molecule has 7 nitrogen and oxygen atoms in total. The largest absolute Gasteiger partial charge is 0.497 e. The molecule has 5 rings (SSSR count). The molecule has 2 heterocycles. The normalized spacial score (nSPS) is 19.2. The first-order valence-corrected chi connectivity index (χ1v) is 10.5. The summed E-state index contributed by atoms with van der Waals surface area (Å²) in [6.45, 7) is 0. The number of halogens is 1. The van der Waals surface area contributed by atoms with Gasteiger partial charge in [-0.25, -0.2) is 5.01 Å². The number of hydrogen-bond acceptors (Lipinski definition) is 6. The van der Waals surface area contributed by atoms with Crippen molar-refractivity contribution in [2.45, 2.75) is 18.7 Å². The van der Waals surface area contributed by atoms with Crippen LogP contribution in [0.4, 0.5) is 5.69 Å². The van der Waals surface area contributed by atoms with Gasteiger partial charge in [0.05, 0.1) is 23.8 Å². The van der Waals surface area contributed by atoms with E-state index in [1.54, 1.807) is 19.2 Å². The van der Waals surface area contributed by atoms with Crippen molar-refractivity contribution in [1.29, 1.82) is 0 Å². The third kappa shape index (κ3) is 3.53. The van der Waals surface area contributed by atoms with E-state index in [0.29, 0.717) is 6.42 Å². The molecular weight excluding hydrogens is 462 g/mol. The van der Waals surface area contributed by atoms with Crippen molar-refractivity contribution in [2.24, 2.45) is 5.10 Å². The Hall–Kier alpha value is -3.39. The summed E-state index contributed by atoms with van der Waals surface area (Å²) in [6.07, 6.45) is 0.228. The van der Waals surface area contributed by atoms with Crippen LogP contribution in [0.25, 0.3) is 0 Å². The van der Waals surface area contributed by atoms with Gasteiger partial charge in [-0.1, -0.05) is 28.1 Å². The first kappa shape index (κ1) is 19.6. The number of ether oxygens (including phenoxy) is 2. The van der Waals surface area contributed by atoms with Crippen LogP contribution in [0.5, 0.6) is 11.5 Å². The Kier molecular flexibility index (Phi) is 4.86. The topological polar surface area (TPSA) is 77.2 Å².